The van der Waals surface area contributed by atoms with Crippen LogP contribution in [0.5, 0.6) is 0 Å². The second-order valence-corrected chi connectivity index (χ2v) is 6.02. The molecule has 0 aromatic heterocycles. The molecule has 0 saturated heterocycles. The fraction of sp³-hybridized carbons (Fsp3) is 0.462. The highest BCUT2D eigenvalue weighted by Crippen LogP contribution is 2.27. The topological polar surface area (TPSA) is 46.2 Å². The van der Waals surface area contributed by atoms with Crippen LogP contribution >= 0.6 is 0 Å². The van der Waals surface area contributed by atoms with Gasteiger partial charge in [0.1, 0.15) is 11.6 Å². The first kappa shape index (κ1) is 13.2. The Morgan fingerprint density at radius 2 is 2.11 bits per heavy atom. The summed E-state index contributed by atoms with van der Waals surface area (Å²) in [6, 6.07) is 6.21. The van der Waals surface area contributed by atoms with Gasteiger partial charge in [-0.15, -0.1) is 0 Å². The predicted octanol–water partition coefficient (Wildman–Crippen LogP) is 1.60. The number of rotatable bonds is 6. The van der Waals surface area contributed by atoms with Crippen LogP contribution in [0.4, 0.5) is 4.39 Å². The van der Waals surface area contributed by atoms with E-state index in [0.29, 0.717) is 18.0 Å². The van der Waals surface area contributed by atoms with Crippen LogP contribution in [0.3, 0.4) is 0 Å². The van der Waals surface area contributed by atoms with E-state index in [0.717, 1.165) is 0 Å². The summed E-state index contributed by atoms with van der Waals surface area (Å²) in [5.41, 5.74) is 0.394. The zero-order chi connectivity index (χ0) is 13.0. The van der Waals surface area contributed by atoms with Crippen molar-refractivity contribution >= 4 is 16.7 Å². The summed E-state index contributed by atoms with van der Waals surface area (Å²) >= 11 is 0. The van der Waals surface area contributed by atoms with E-state index in [4.69, 9.17) is 0 Å². The van der Waals surface area contributed by atoms with Crippen LogP contribution in [0.1, 0.15) is 18.4 Å². The number of hydrogen-bond acceptors (Lipinski definition) is 2. The monoisotopic (exact) mass is 269 g/mol. The maximum atomic E-state index is 13.3. The Morgan fingerprint density at radius 3 is 2.78 bits per heavy atom. The van der Waals surface area contributed by atoms with Crippen LogP contribution in [-0.2, 0) is 21.3 Å². The molecule has 0 aliphatic heterocycles. The Bertz CT molecular complexity index is 460. The van der Waals surface area contributed by atoms with Crippen molar-refractivity contribution in [2.45, 2.75) is 18.6 Å². The lowest BCUT2D eigenvalue weighted by molar-refractivity contribution is -0.118. The molecule has 2 rings (SSSR count). The van der Waals surface area contributed by atoms with Gasteiger partial charge in [0.2, 0.25) is 5.91 Å². The Labute approximate surface area is 108 Å². The van der Waals surface area contributed by atoms with Crippen molar-refractivity contribution in [2.75, 3.05) is 12.3 Å². The molecule has 1 N–H and O–H groups in total. The van der Waals surface area contributed by atoms with Crippen molar-refractivity contribution in [2.24, 2.45) is 5.92 Å². The van der Waals surface area contributed by atoms with Gasteiger partial charge in [0.15, 0.2) is 0 Å². The first-order valence-electron chi connectivity index (χ1n) is 6.00. The molecule has 3 nitrogen and oxygen atoms in total. The van der Waals surface area contributed by atoms with E-state index in [2.05, 4.69) is 5.32 Å². The van der Waals surface area contributed by atoms with Gasteiger partial charge in [-0.3, -0.25) is 9.00 Å². The Balaban J connectivity index is 1.77. The summed E-state index contributed by atoms with van der Waals surface area (Å²) in [4.78, 5) is 11.5. The van der Waals surface area contributed by atoms with Gasteiger partial charge in [0.05, 0.1) is 5.75 Å². The minimum atomic E-state index is -1.36. The summed E-state index contributed by atoms with van der Waals surface area (Å²) in [5.74, 6) is 0.0552. The Kier molecular flexibility index (Phi) is 4.47. The molecule has 1 saturated carbocycles. The summed E-state index contributed by atoms with van der Waals surface area (Å²) in [6.07, 6.45) is 2.33. The normalized spacial score (nSPS) is 16.3. The number of hydrogen-bond donors (Lipinski definition) is 1. The molecule has 1 aromatic rings. The summed E-state index contributed by atoms with van der Waals surface area (Å²) in [6.45, 7) is 0.676. The van der Waals surface area contributed by atoms with E-state index >= 15 is 0 Å². The van der Waals surface area contributed by atoms with E-state index in [1.54, 1.807) is 18.2 Å². The van der Waals surface area contributed by atoms with Crippen LogP contribution in [0, 0.1) is 11.7 Å². The maximum Gasteiger partial charge on any atom is 0.232 e. The fourth-order valence-electron chi connectivity index (χ4n) is 1.62. The number of halogens is 1. The van der Waals surface area contributed by atoms with Gasteiger partial charge in [0.25, 0.3) is 0 Å². The van der Waals surface area contributed by atoms with E-state index in [-0.39, 0.29) is 23.2 Å². The molecular weight excluding hydrogens is 253 g/mol. The van der Waals surface area contributed by atoms with Crippen LogP contribution < -0.4 is 5.32 Å². The average Bonchev–Trinajstić information content (AvgIpc) is 3.13. The maximum absolute atomic E-state index is 13.3. The first-order chi connectivity index (χ1) is 8.65. The van der Waals surface area contributed by atoms with Gasteiger partial charge < -0.3 is 5.32 Å². The van der Waals surface area contributed by atoms with Gasteiger partial charge in [-0.25, -0.2) is 4.39 Å². The van der Waals surface area contributed by atoms with Crippen LogP contribution in [-0.4, -0.2) is 22.4 Å². The lowest BCUT2D eigenvalue weighted by atomic mass is 10.2. The molecule has 5 heteroatoms. The van der Waals surface area contributed by atoms with Gasteiger partial charge in [-0.1, -0.05) is 18.2 Å². The molecule has 98 valence electrons. The Hall–Kier alpha value is -1.23. The first-order valence-corrected chi connectivity index (χ1v) is 7.49. The van der Waals surface area contributed by atoms with Crippen molar-refractivity contribution in [1.29, 1.82) is 0 Å². The summed E-state index contributed by atoms with van der Waals surface area (Å²) < 4.78 is 25.0. The highest BCUT2D eigenvalue weighted by Gasteiger charge is 2.22. The third-order valence-electron chi connectivity index (χ3n) is 2.85. The second kappa shape index (κ2) is 6.09. The SMILES string of the molecule is O=C(C[S@](=O)Cc1ccccc1F)NCC1CC1. The molecule has 1 atom stereocenters. The molecule has 1 aliphatic carbocycles. The largest absolute Gasteiger partial charge is 0.355 e. The van der Waals surface area contributed by atoms with Gasteiger partial charge in [0, 0.05) is 22.9 Å². The predicted molar refractivity (Wildman–Crippen MR) is 68.8 cm³/mol. The fourth-order valence-corrected chi connectivity index (χ4v) is 2.69. The third-order valence-corrected chi connectivity index (χ3v) is 4.07. The Morgan fingerprint density at radius 1 is 1.39 bits per heavy atom. The zero-order valence-electron chi connectivity index (χ0n) is 10.0. The molecule has 0 radical (unpaired) electrons. The molecule has 1 amide bonds. The van der Waals surface area contributed by atoms with Crippen molar-refractivity contribution < 1.29 is 13.4 Å². The standard InChI is InChI=1S/C13H16FNO2S/c14-12-4-2-1-3-11(12)8-18(17)9-13(16)15-7-10-5-6-10/h1-4,10H,5-9H2,(H,15,16)/t18-/m1/s1. The zero-order valence-corrected chi connectivity index (χ0v) is 10.8. The summed E-state index contributed by atoms with van der Waals surface area (Å²) in [5, 5.41) is 2.75. The molecule has 0 heterocycles. The molecule has 1 aliphatic rings. The second-order valence-electron chi connectivity index (χ2n) is 4.57. The molecule has 1 fully saturated rings. The van der Waals surface area contributed by atoms with E-state index in [9.17, 15) is 13.4 Å². The minimum absolute atomic E-state index is 0.0545. The molecular formula is C13H16FNO2S. The van der Waals surface area contributed by atoms with Crippen molar-refractivity contribution in [3.05, 3.63) is 35.6 Å². The molecule has 18 heavy (non-hydrogen) atoms. The molecule has 0 unspecified atom stereocenters. The quantitative estimate of drug-likeness (QED) is 0.852. The highest BCUT2D eigenvalue weighted by molar-refractivity contribution is 7.84. The lowest BCUT2D eigenvalue weighted by Crippen LogP contribution is -2.30. The average molecular weight is 269 g/mol. The molecule has 0 bridgehead atoms. The van der Waals surface area contributed by atoms with E-state index in [1.807, 2.05) is 0 Å². The van der Waals surface area contributed by atoms with Crippen LogP contribution in [0.25, 0.3) is 0 Å². The van der Waals surface area contributed by atoms with Crippen LogP contribution in [0.15, 0.2) is 24.3 Å². The number of benzene rings is 1. The van der Waals surface area contributed by atoms with Crippen molar-refractivity contribution in [1.82, 2.24) is 5.32 Å². The minimum Gasteiger partial charge on any atom is -0.355 e. The third kappa shape index (κ3) is 4.22. The van der Waals surface area contributed by atoms with Crippen molar-refractivity contribution in [3.8, 4) is 0 Å². The summed E-state index contributed by atoms with van der Waals surface area (Å²) in [7, 11) is -1.36. The van der Waals surface area contributed by atoms with Gasteiger partial charge in [-0.2, -0.15) is 0 Å². The van der Waals surface area contributed by atoms with E-state index < -0.39 is 10.8 Å². The smallest absolute Gasteiger partial charge is 0.232 e. The number of nitrogens with one attached hydrogen (secondary N) is 1. The van der Waals surface area contributed by atoms with Crippen molar-refractivity contribution in [3.63, 3.8) is 0 Å². The highest BCUT2D eigenvalue weighted by atomic mass is 32.2. The van der Waals surface area contributed by atoms with E-state index in [1.165, 1.54) is 18.9 Å². The molecule has 1 aromatic carbocycles. The van der Waals surface area contributed by atoms with Gasteiger partial charge in [-0.05, 0) is 24.8 Å². The molecule has 0 spiro atoms. The number of carbonyl (C=O) groups excluding carboxylic acids is 1. The van der Waals surface area contributed by atoms with Gasteiger partial charge >= 0.3 is 0 Å². The van der Waals surface area contributed by atoms with Crippen LogP contribution in [0.2, 0.25) is 0 Å². The number of amides is 1. The lowest BCUT2D eigenvalue weighted by Gasteiger charge is -2.05. The number of carbonyl (C=O) groups is 1.